The highest BCUT2D eigenvalue weighted by Gasteiger charge is 2.04. The Balaban J connectivity index is 1.63. The molecule has 0 bridgehead atoms. The van der Waals surface area contributed by atoms with E-state index in [1.54, 1.807) is 12.1 Å². The third-order valence-electron chi connectivity index (χ3n) is 2.67. The van der Waals surface area contributed by atoms with Crippen molar-refractivity contribution in [2.45, 2.75) is 6.42 Å². The molecule has 0 saturated heterocycles. The molecule has 2 aromatic carbocycles. The van der Waals surface area contributed by atoms with Gasteiger partial charge in [0.2, 0.25) is 0 Å². The van der Waals surface area contributed by atoms with Crippen LogP contribution in [-0.4, -0.2) is 19.1 Å². The molecule has 0 aliphatic rings. The number of hydrogen-bond donors (Lipinski definition) is 1. The van der Waals surface area contributed by atoms with E-state index in [1.165, 1.54) is 0 Å². The van der Waals surface area contributed by atoms with Gasteiger partial charge in [-0.15, -0.1) is 0 Å². The number of benzene rings is 2. The smallest absolute Gasteiger partial charge is 0.338 e. The van der Waals surface area contributed by atoms with E-state index in [-0.39, 0.29) is 5.97 Å². The van der Waals surface area contributed by atoms with Gasteiger partial charge in [0.25, 0.3) is 0 Å². The molecule has 0 aliphatic carbocycles. The molecular formula is C16H17NO2. The molecule has 0 aliphatic heterocycles. The van der Waals surface area contributed by atoms with Gasteiger partial charge in [-0.2, -0.15) is 0 Å². The lowest BCUT2D eigenvalue weighted by molar-refractivity contribution is 0.0504. The number of ether oxygens (including phenoxy) is 1. The molecule has 3 nitrogen and oxygen atoms in total. The standard InChI is InChI=1S/C16H17NO2/c18-16(14-8-3-1-4-9-14)19-13-7-12-17-15-10-5-2-6-11-15/h1-6,8-11,17H,7,12-13H2. The maximum atomic E-state index is 11.6. The summed E-state index contributed by atoms with van der Waals surface area (Å²) in [6, 6.07) is 19.0. The van der Waals surface area contributed by atoms with Crippen molar-refractivity contribution in [1.82, 2.24) is 0 Å². The fourth-order valence-corrected chi connectivity index (χ4v) is 1.68. The van der Waals surface area contributed by atoms with Crippen LogP contribution in [0, 0.1) is 0 Å². The molecule has 2 aromatic rings. The second kappa shape index (κ2) is 7.21. The van der Waals surface area contributed by atoms with E-state index in [4.69, 9.17) is 4.74 Å². The first-order chi connectivity index (χ1) is 9.36. The van der Waals surface area contributed by atoms with Crippen LogP contribution in [0.4, 0.5) is 5.69 Å². The maximum Gasteiger partial charge on any atom is 0.338 e. The zero-order valence-electron chi connectivity index (χ0n) is 10.7. The number of para-hydroxylation sites is 1. The van der Waals surface area contributed by atoms with Gasteiger partial charge in [0, 0.05) is 12.2 Å². The Morgan fingerprint density at radius 3 is 2.26 bits per heavy atom. The lowest BCUT2D eigenvalue weighted by Gasteiger charge is -2.07. The van der Waals surface area contributed by atoms with Crippen LogP contribution >= 0.6 is 0 Å². The van der Waals surface area contributed by atoms with Gasteiger partial charge >= 0.3 is 5.97 Å². The van der Waals surface area contributed by atoms with Crippen LogP contribution in [0.1, 0.15) is 16.8 Å². The summed E-state index contributed by atoms with van der Waals surface area (Å²) in [5.74, 6) is -0.264. The highest BCUT2D eigenvalue weighted by Crippen LogP contribution is 2.05. The molecule has 0 fully saturated rings. The fourth-order valence-electron chi connectivity index (χ4n) is 1.68. The first kappa shape index (κ1) is 13.1. The Morgan fingerprint density at radius 1 is 0.947 bits per heavy atom. The topological polar surface area (TPSA) is 38.3 Å². The van der Waals surface area contributed by atoms with Gasteiger partial charge in [0.05, 0.1) is 12.2 Å². The molecule has 98 valence electrons. The van der Waals surface area contributed by atoms with Gasteiger partial charge in [-0.1, -0.05) is 36.4 Å². The minimum absolute atomic E-state index is 0.264. The first-order valence-corrected chi connectivity index (χ1v) is 6.37. The van der Waals surface area contributed by atoms with Crippen LogP contribution in [0.2, 0.25) is 0 Å². The molecular weight excluding hydrogens is 238 g/mol. The summed E-state index contributed by atoms with van der Waals surface area (Å²) in [5.41, 5.74) is 1.68. The average molecular weight is 255 g/mol. The van der Waals surface area contributed by atoms with E-state index < -0.39 is 0 Å². The lowest BCUT2D eigenvalue weighted by atomic mass is 10.2. The molecule has 0 saturated carbocycles. The van der Waals surface area contributed by atoms with Crippen LogP contribution in [0.15, 0.2) is 60.7 Å². The normalized spacial score (nSPS) is 9.89. The van der Waals surface area contributed by atoms with E-state index in [1.807, 2.05) is 48.5 Å². The summed E-state index contributed by atoms with van der Waals surface area (Å²) in [4.78, 5) is 11.6. The van der Waals surface area contributed by atoms with Crippen molar-refractivity contribution < 1.29 is 9.53 Å². The Kier molecular flexibility index (Phi) is 4.99. The van der Waals surface area contributed by atoms with Crippen molar-refractivity contribution in [2.24, 2.45) is 0 Å². The summed E-state index contributed by atoms with van der Waals surface area (Å²) in [5, 5.41) is 3.27. The average Bonchev–Trinajstić information content (AvgIpc) is 2.49. The number of nitrogens with one attached hydrogen (secondary N) is 1. The molecule has 19 heavy (non-hydrogen) atoms. The zero-order chi connectivity index (χ0) is 13.3. The highest BCUT2D eigenvalue weighted by molar-refractivity contribution is 5.89. The minimum atomic E-state index is -0.264. The van der Waals surface area contributed by atoms with Crippen molar-refractivity contribution >= 4 is 11.7 Å². The molecule has 0 heterocycles. The highest BCUT2D eigenvalue weighted by atomic mass is 16.5. The van der Waals surface area contributed by atoms with E-state index in [0.29, 0.717) is 12.2 Å². The van der Waals surface area contributed by atoms with Gasteiger partial charge in [-0.25, -0.2) is 4.79 Å². The maximum absolute atomic E-state index is 11.6. The van der Waals surface area contributed by atoms with E-state index in [0.717, 1.165) is 18.7 Å². The largest absolute Gasteiger partial charge is 0.462 e. The summed E-state index contributed by atoms with van der Waals surface area (Å²) >= 11 is 0. The van der Waals surface area contributed by atoms with Gasteiger partial charge < -0.3 is 10.1 Å². The van der Waals surface area contributed by atoms with Crippen molar-refractivity contribution in [3.8, 4) is 0 Å². The fraction of sp³-hybridized carbons (Fsp3) is 0.188. The molecule has 2 rings (SSSR count). The van der Waals surface area contributed by atoms with Crippen LogP contribution < -0.4 is 5.32 Å². The third kappa shape index (κ3) is 4.47. The van der Waals surface area contributed by atoms with Crippen LogP contribution in [-0.2, 0) is 4.74 Å². The molecule has 0 aromatic heterocycles. The minimum Gasteiger partial charge on any atom is -0.462 e. The Hall–Kier alpha value is -2.29. The molecule has 0 amide bonds. The molecule has 0 unspecified atom stereocenters. The van der Waals surface area contributed by atoms with Gasteiger partial charge in [-0.05, 0) is 30.7 Å². The summed E-state index contributed by atoms with van der Waals surface area (Å²) in [6.45, 7) is 1.21. The molecule has 0 atom stereocenters. The summed E-state index contributed by atoms with van der Waals surface area (Å²) in [6.07, 6.45) is 0.785. The SMILES string of the molecule is O=C(OCCCNc1ccccc1)c1ccccc1. The molecule has 1 N–H and O–H groups in total. The van der Waals surface area contributed by atoms with Crippen LogP contribution in [0.25, 0.3) is 0 Å². The predicted octanol–water partition coefficient (Wildman–Crippen LogP) is 3.35. The van der Waals surface area contributed by atoms with Gasteiger partial charge in [-0.3, -0.25) is 0 Å². The van der Waals surface area contributed by atoms with Crippen molar-refractivity contribution in [3.63, 3.8) is 0 Å². The zero-order valence-corrected chi connectivity index (χ0v) is 10.7. The Morgan fingerprint density at radius 2 is 1.58 bits per heavy atom. The quantitative estimate of drug-likeness (QED) is 0.635. The van der Waals surface area contributed by atoms with Gasteiger partial charge in [0.15, 0.2) is 0 Å². The number of carbonyl (C=O) groups excluding carboxylic acids is 1. The number of rotatable bonds is 6. The second-order valence-electron chi connectivity index (χ2n) is 4.15. The third-order valence-corrected chi connectivity index (χ3v) is 2.67. The second-order valence-corrected chi connectivity index (χ2v) is 4.15. The predicted molar refractivity (Wildman–Crippen MR) is 76.3 cm³/mol. The first-order valence-electron chi connectivity index (χ1n) is 6.37. The number of esters is 1. The van der Waals surface area contributed by atoms with Crippen LogP contribution in [0.3, 0.4) is 0 Å². The number of hydrogen-bond acceptors (Lipinski definition) is 3. The van der Waals surface area contributed by atoms with Crippen molar-refractivity contribution in [2.75, 3.05) is 18.5 Å². The lowest BCUT2D eigenvalue weighted by Crippen LogP contribution is -2.10. The van der Waals surface area contributed by atoms with Crippen molar-refractivity contribution in [1.29, 1.82) is 0 Å². The molecule has 0 spiro atoms. The Bertz CT molecular complexity index is 497. The van der Waals surface area contributed by atoms with Crippen molar-refractivity contribution in [3.05, 3.63) is 66.2 Å². The monoisotopic (exact) mass is 255 g/mol. The summed E-state index contributed by atoms with van der Waals surface area (Å²) < 4.78 is 5.19. The van der Waals surface area contributed by atoms with Gasteiger partial charge in [0.1, 0.15) is 0 Å². The number of carbonyl (C=O) groups is 1. The van der Waals surface area contributed by atoms with E-state index >= 15 is 0 Å². The van der Waals surface area contributed by atoms with E-state index in [9.17, 15) is 4.79 Å². The summed E-state index contributed by atoms with van der Waals surface area (Å²) in [7, 11) is 0. The molecule has 3 heteroatoms. The number of anilines is 1. The van der Waals surface area contributed by atoms with E-state index in [2.05, 4.69) is 5.32 Å². The molecule has 0 radical (unpaired) electrons. The Labute approximate surface area is 113 Å². The van der Waals surface area contributed by atoms with Crippen LogP contribution in [0.5, 0.6) is 0 Å².